The number of benzene rings is 1. The third-order valence-electron chi connectivity index (χ3n) is 3.39. The Morgan fingerprint density at radius 1 is 1.10 bits per heavy atom. The van der Waals surface area contributed by atoms with Gasteiger partial charge in [0, 0.05) is 23.6 Å². The zero-order chi connectivity index (χ0) is 15.8. The molecule has 5 heteroatoms. The molecule has 0 aliphatic rings. The maximum atomic E-state index is 11.9. The molecule has 5 nitrogen and oxygen atoms in total. The van der Waals surface area contributed by atoms with Crippen LogP contribution in [0.3, 0.4) is 0 Å². The van der Waals surface area contributed by atoms with E-state index in [-0.39, 0.29) is 23.5 Å². The normalized spacial score (nSPS) is 11.7. The number of hydrogen-bond acceptors (Lipinski definition) is 3. The number of rotatable bonds is 8. The molecule has 1 atom stereocenters. The van der Waals surface area contributed by atoms with E-state index < -0.39 is 0 Å². The molecule has 0 spiro atoms. The van der Waals surface area contributed by atoms with Crippen LogP contribution < -0.4 is 11.1 Å². The summed E-state index contributed by atoms with van der Waals surface area (Å²) in [6.45, 7) is 3.85. The van der Waals surface area contributed by atoms with Crippen LogP contribution in [-0.4, -0.2) is 24.1 Å². The van der Waals surface area contributed by atoms with Gasteiger partial charge in [0.25, 0.3) is 5.91 Å². The van der Waals surface area contributed by atoms with Crippen molar-refractivity contribution in [1.29, 1.82) is 0 Å². The predicted molar refractivity (Wildman–Crippen MR) is 81.0 cm³/mol. The molecular formula is C16H22N2O3. The highest BCUT2D eigenvalue weighted by atomic mass is 16.2. The Bertz CT molecular complexity index is 509. The summed E-state index contributed by atoms with van der Waals surface area (Å²) in [5, 5.41) is 2.81. The molecule has 1 aromatic carbocycles. The summed E-state index contributed by atoms with van der Waals surface area (Å²) >= 11 is 0. The minimum atomic E-state index is -0.287. The van der Waals surface area contributed by atoms with Gasteiger partial charge in [-0.1, -0.05) is 25.5 Å². The fourth-order valence-corrected chi connectivity index (χ4v) is 1.88. The van der Waals surface area contributed by atoms with Crippen LogP contribution in [0, 0.1) is 5.92 Å². The Morgan fingerprint density at radius 3 is 2.19 bits per heavy atom. The van der Waals surface area contributed by atoms with Gasteiger partial charge in [0.1, 0.15) is 0 Å². The zero-order valence-electron chi connectivity index (χ0n) is 12.5. The molecule has 0 bridgehead atoms. The fraction of sp³-hybridized carbons (Fsp3) is 0.438. The van der Waals surface area contributed by atoms with Crippen LogP contribution >= 0.6 is 0 Å². The number of nitrogens with two attached hydrogens (primary N) is 1. The molecule has 2 amide bonds. The highest BCUT2D eigenvalue weighted by Gasteiger charge is 2.08. The molecule has 0 unspecified atom stereocenters. The second kappa shape index (κ2) is 8.19. The van der Waals surface area contributed by atoms with Crippen molar-refractivity contribution in [3.63, 3.8) is 0 Å². The van der Waals surface area contributed by atoms with Crippen molar-refractivity contribution >= 4 is 17.6 Å². The summed E-state index contributed by atoms with van der Waals surface area (Å²) < 4.78 is 0. The van der Waals surface area contributed by atoms with Gasteiger partial charge in [-0.3, -0.25) is 14.4 Å². The zero-order valence-corrected chi connectivity index (χ0v) is 12.5. The van der Waals surface area contributed by atoms with Crippen LogP contribution in [0.5, 0.6) is 0 Å². The smallest absolute Gasteiger partial charge is 0.251 e. The molecule has 1 aromatic rings. The maximum Gasteiger partial charge on any atom is 0.251 e. The summed E-state index contributed by atoms with van der Waals surface area (Å²) in [6, 6.07) is 6.57. The maximum absolute atomic E-state index is 11.9. The Morgan fingerprint density at radius 2 is 1.67 bits per heavy atom. The Kier molecular flexibility index (Phi) is 6.59. The van der Waals surface area contributed by atoms with Gasteiger partial charge in [-0.05, 0) is 31.9 Å². The van der Waals surface area contributed by atoms with Gasteiger partial charge in [0.15, 0.2) is 5.78 Å². The van der Waals surface area contributed by atoms with Gasteiger partial charge in [-0.2, -0.15) is 0 Å². The van der Waals surface area contributed by atoms with Crippen molar-refractivity contribution in [3.05, 3.63) is 35.4 Å². The standard InChI is InChI=1S/C16H22N2O3/c1-11(15(17)20)5-3-4-10-18-16(21)14-8-6-13(7-9-14)12(2)19/h6-9,11H,3-5,10H2,1-2H3,(H2,17,20)(H,18,21)/t11-/m0/s1. The van der Waals surface area contributed by atoms with Gasteiger partial charge < -0.3 is 11.1 Å². The predicted octanol–water partition coefficient (Wildman–Crippen LogP) is 1.91. The van der Waals surface area contributed by atoms with Crippen molar-refractivity contribution in [3.8, 4) is 0 Å². The summed E-state index contributed by atoms with van der Waals surface area (Å²) in [5.41, 5.74) is 6.30. The quantitative estimate of drug-likeness (QED) is 0.566. The van der Waals surface area contributed by atoms with Gasteiger partial charge in [0.2, 0.25) is 5.91 Å². The number of nitrogens with one attached hydrogen (secondary N) is 1. The van der Waals surface area contributed by atoms with E-state index >= 15 is 0 Å². The summed E-state index contributed by atoms with van der Waals surface area (Å²) in [4.78, 5) is 33.9. The molecule has 0 aliphatic carbocycles. The van der Waals surface area contributed by atoms with Gasteiger partial charge in [-0.15, -0.1) is 0 Å². The van der Waals surface area contributed by atoms with Crippen LogP contribution in [-0.2, 0) is 4.79 Å². The Balaban J connectivity index is 2.31. The Hall–Kier alpha value is -2.17. The average Bonchev–Trinajstić information content (AvgIpc) is 2.46. The molecule has 0 fully saturated rings. The Labute approximate surface area is 124 Å². The number of ketones is 1. The van der Waals surface area contributed by atoms with Crippen molar-refractivity contribution in [2.24, 2.45) is 11.7 Å². The topological polar surface area (TPSA) is 89.3 Å². The number of amides is 2. The van der Waals surface area contributed by atoms with Crippen LogP contribution in [0.1, 0.15) is 53.8 Å². The number of carbonyl (C=O) groups is 3. The molecule has 0 aliphatic heterocycles. The number of hydrogen-bond donors (Lipinski definition) is 2. The molecule has 0 saturated carbocycles. The van der Waals surface area contributed by atoms with E-state index in [1.165, 1.54) is 6.92 Å². The van der Waals surface area contributed by atoms with Crippen molar-refractivity contribution in [1.82, 2.24) is 5.32 Å². The summed E-state index contributed by atoms with van der Waals surface area (Å²) in [6.07, 6.45) is 2.38. The molecule has 0 heterocycles. The van der Waals surface area contributed by atoms with Crippen molar-refractivity contribution in [2.45, 2.75) is 33.1 Å². The number of primary amides is 1. The second-order valence-electron chi connectivity index (χ2n) is 5.19. The first-order valence-electron chi connectivity index (χ1n) is 7.10. The van der Waals surface area contributed by atoms with E-state index in [1.54, 1.807) is 31.2 Å². The van der Waals surface area contributed by atoms with E-state index in [2.05, 4.69) is 5.32 Å². The minimum absolute atomic E-state index is 0.0227. The largest absolute Gasteiger partial charge is 0.369 e. The lowest BCUT2D eigenvalue weighted by Gasteiger charge is -2.08. The average molecular weight is 290 g/mol. The monoisotopic (exact) mass is 290 g/mol. The molecule has 0 aromatic heterocycles. The SMILES string of the molecule is CC(=O)c1ccc(C(=O)NCCCC[C@H](C)C(N)=O)cc1. The van der Waals surface area contributed by atoms with Gasteiger partial charge >= 0.3 is 0 Å². The lowest BCUT2D eigenvalue weighted by atomic mass is 10.0. The number of carbonyl (C=O) groups excluding carboxylic acids is 3. The summed E-state index contributed by atoms with van der Waals surface area (Å²) in [7, 11) is 0. The summed E-state index contributed by atoms with van der Waals surface area (Å²) in [5.74, 6) is -0.594. The first-order chi connectivity index (χ1) is 9.91. The molecule has 1 rings (SSSR count). The first kappa shape index (κ1) is 16.9. The molecule has 114 valence electrons. The third-order valence-corrected chi connectivity index (χ3v) is 3.39. The molecule has 0 radical (unpaired) electrons. The molecule has 0 saturated heterocycles. The van der Waals surface area contributed by atoms with Gasteiger partial charge in [-0.25, -0.2) is 0 Å². The van der Waals surface area contributed by atoms with Crippen LogP contribution in [0.2, 0.25) is 0 Å². The van der Waals surface area contributed by atoms with E-state index in [9.17, 15) is 14.4 Å². The van der Waals surface area contributed by atoms with E-state index in [0.29, 0.717) is 17.7 Å². The van der Waals surface area contributed by atoms with Crippen molar-refractivity contribution < 1.29 is 14.4 Å². The lowest BCUT2D eigenvalue weighted by Crippen LogP contribution is -2.25. The lowest BCUT2D eigenvalue weighted by molar-refractivity contribution is -0.121. The highest BCUT2D eigenvalue weighted by Crippen LogP contribution is 2.07. The fourth-order valence-electron chi connectivity index (χ4n) is 1.88. The van der Waals surface area contributed by atoms with Gasteiger partial charge in [0.05, 0.1) is 0 Å². The minimum Gasteiger partial charge on any atom is -0.369 e. The first-order valence-corrected chi connectivity index (χ1v) is 7.10. The molecule has 3 N–H and O–H groups in total. The van der Waals surface area contributed by atoms with Crippen molar-refractivity contribution in [2.75, 3.05) is 6.54 Å². The van der Waals surface area contributed by atoms with Crippen LogP contribution in [0.25, 0.3) is 0 Å². The molecular weight excluding hydrogens is 268 g/mol. The molecule has 21 heavy (non-hydrogen) atoms. The van der Waals surface area contributed by atoms with Crippen LogP contribution in [0.4, 0.5) is 0 Å². The third kappa shape index (κ3) is 5.77. The van der Waals surface area contributed by atoms with E-state index in [0.717, 1.165) is 19.3 Å². The second-order valence-corrected chi connectivity index (χ2v) is 5.19. The number of unbranched alkanes of at least 4 members (excludes halogenated alkanes) is 1. The van der Waals surface area contributed by atoms with Crippen LogP contribution in [0.15, 0.2) is 24.3 Å². The number of Topliss-reactive ketones (excluding diaryl/α,β-unsaturated/α-hetero) is 1. The highest BCUT2D eigenvalue weighted by molar-refractivity contribution is 5.97. The van der Waals surface area contributed by atoms with E-state index in [1.807, 2.05) is 0 Å². The van der Waals surface area contributed by atoms with E-state index in [4.69, 9.17) is 5.73 Å².